The lowest BCUT2D eigenvalue weighted by Gasteiger charge is -2.18. The van der Waals surface area contributed by atoms with Crippen molar-refractivity contribution in [3.8, 4) is 0 Å². The topological polar surface area (TPSA) is 97.1 Å². The maximum Gasteiger partial charge on any atom is 0.306 e. The van der Waals surface area contributed by atoms with Gasteiger partial charge in [0, 0.05) is 19.4 Å². The van der Waals surface area contributed by atoms with Gasteiger partial charge < -0.3 is 24.7 Å². The molecule has 7 nitrogen and oxygen atoms in total. The third-order valence-corrected chi connectivity index (χ3v) is 9.64. The number of ether oxygens (including phenoxy) is 4. The van der Waals surface area contributed by atoms with Crippen molar-refractivity contribution in [2.24, 2.45) is 5.73 Å². The van der Waals surface area contributed by atoms with Gasteiger partial charge in [0.1, 0.15) is 6.61 Å². The van der Waals surface area contributed by atoms with Gasteiger partial charge in [-0.15, -0.1) is 0 Å². The Morgan fingerprint density at radius 2 is 0.760 bits per heavy atom. The van der Waals surface area contributed by atoms with Crippen LogP contribution in [0.15, 0.2) is 0 Å². The Labute approximate surface area is 310 Å². The van der Waals surface area contributed by atoms with E-state index in [2.05, 4.69) is 13.8 Å². The minimum atomic E-state index is -0.599. The summed E-state index contributed by atoms with van der Waals surface area (Å²) in [5.74, 6) is -0.472. The van der Waals surface area contributed by atoms with Crippen LogP contribution in [0.5, 0.6) is 0 Å². The van der Waals surface area contributed by atoms with Gasteiger partial charge >= 0.3 is 11.9 Å². The smallest absolute Gasteiger partial charge is 0.306 e. The van der Waals surface area contributed by atoms with Crippen molar-refractivity contribution in [3.63, 3.8) is 0 Å². The first kappa shape index (κ1) is 48.8. The first-order valence-electron chi connectivity index (χ1n) is 21.8. The molecule has 0 aromatic heterocycles. The van der Waals surface area contributed by atoms with Crippen LogP contribution in [0.2, 0.25) is 0 Å². The van der Waals surface area contributed by atoms with E-state index in [-0.39, 0.29) is 25.2 Å². The van der Waals surface area contributed by atoms with Crippen molar-refractivity contribution in [2.45, 2.75) is 225 Å². The van der Waals surface area contributed by atoms with Crippen LogP contribution in [0, 0.1) is 0 Å². The average molecular weight is 712 g/mol. The maximum absolute atomic E-state index is 12.6. The zero-order valence-corrected chi connectivity index (χ0v) is 33.5. The van der Waals surface area contributed by atoms with Crippen LogP contribution in [0.3, 0.4) is 0 Å². The summed E-state index contributed by atoms with van der Waals surface area (Å²) in [5.41, 5.74) is 5.46. The lowest BCUT2D eigenvalue weighted by molar-refractivity contribution is -0.163. The van der Waals surface area contributed by atoms with Crippen molar-refractivity contribution in [1.29, 1.82) is 0 Å². The number of hydrogen-bond acceptors (Lipinski definition) is 7. The van der Waals surface area contributed by atoms with Crippen LogP contribution in [-0.4, -0.2) is 57.6 Å². The van der Waals surface area contributed by atoms with Gasteiger partial charge in [-0.25, -0.2) is 0 Å². The number of hydrogen-bond donors (Lipinski definition) is 1. The summed E-state index contributed by atoms with van der Waals surface area (Å²) in [7, 11) is 0. The summed E-state index contributed by atoms with van der Waals surface area (Å²) in [6, 6.07) is 0. The highest BCUT2D eigenvalue weighted by atomic mass is 16.6. The molecule has 0 aliphatic rings. The highest BCUT2D eigenvalue weighted by Gasteiger charge is 2.17. The number of esters is 2. The Kier molecular flexibility index (Phi) is 41.2. The van der Waals surface area contributed by atoms with Gasteiger partial charge in [-0.2, -0.15) is 0 Å². The molecule has 2 N–H and O–H groups in total. The molecule has 0 spiro atoms. The fourth-order valence-electron chi connectivity index (χ4n) is 6.42. The van der Waals surface area contributed by atoms with E-state index in [1.165, 1.54) is 161 Å². The lowest BCUT2D eigenvalue weighted by Crippen LogP contribution is -2.30. The summed E-state index contributed by atoms with van der Waals surface area (Å²) in [6.45, 7) is 6.52. The highest BCUT2D eigenvalue weighted by molar-refractivity contribution is 5.70. The number of unbranched alkanes of at least 4 members (excludes halogenated alkanes) is 28. The molecule has 0 saturated carbocycles. The predicted octanol–water partition coefficient (Wildman–Crippen LogP) is 12.0. The average Bonchev–Trinajstić information content (AvgIpc) is 3.11. The van der Waals surface area contributed by atoms with E-state index in [0.29, 0.717) is 39.2 Å². The first-order valence-corrected chi connectivity index (χ1v) is 21.8. The largest absolute Gasteiger partial charge is 0.462 e. The summed E-state index contributed by atoms with van der Waals surface area (Å²) in [6.07, 6.45) is 39.0. The van der Waals surface area contributed by atoms with Gasteiger partial charge in [0.25, 0.3) is 0 Å². The standard InChI is InChI=1S/C43H85NO6/c1-3-5-7-9-11-13-15-17-19-21-23-25-27-29-31-33-42(45)49-40-41(39-48-38-37-47-36-35-44)50-43(46)34-32-30-28-26-24-22-20-18-16-14-12-10-8-6-4-2/h41H,3-40,44H2,1-2H3. The fourth-order valence-corrected chi connectivity index (χ4v) is 6.42. The third-order valence-electron chi connectivity index (χ3n) is 9.64. The quantitative estimate of drug-likeness (QED) is 0.0497. The molecule has 0 aromatic carbocycles. The fraction of sp³-hybridized carbons (Fsp3) is 0.953. The third kappa shape index (κ3) is 39.6. The first-order chi connectivity index (χ1) is 24.6. The molecule has 0 aromatic rings. The van der Waals surface area contributed by atoms with Gasteiger partial charge in [-0.3, -0.25) is 9.59 Å². The molecule has 0 amide bonds. The Balaban J connectivity index is 3.95. The normalized spacial score (nSPS) is 12.0. The van der Waals surface area contributed by atoms with Crippen LogP contribution >= 0.6 is 0 Å². The number of carbonyl (C=O) groups excluding carboxylic acids is 2. The second-order valence-electron chi connectivity index (χ2n) is 14.7. The highest BCUT2D eigenvalue weighted by Crippen LogP contribution is 2.16. The number of rotatable bonds is 42. The maximum atomic E-state index is 12.6. The number of carbonyl (C=O) groups is 2. The Hall–Kier alpha value is -1.18. The van der Waals surface area contributed by atoms with Crippen LogP contribution in [0.25, 0.3) is 0 Å². The SMILES string of the molecule is CCCCCCCCCCCCCCCCCC(=O)OCC(COCCOCCN)OC(=O)CCCCCCCCCCCCCCCCC. The molecule has 1 unspecified atom stereocenters. The molecule has 0 saturated heterocycles. The lowest BCUT2D eigenvalue weighted by atomic mass is 10.0. The summed E-state index contributed by atoms with van der Waals surface area (Å²) >= 11 is 0. The summed E-state index contributed by atoms with van der Waals surface area (Å²) in [4.78, 5) is 25.0. The molecule has 0 heterocycles. The van der Waals surface area contributed by atoms with Crippen molar-refractivity contribution in [1.82, 2.24) is 0 Å². The van der Waals surface area contributed by atoms with E-state index in [9.17, 15) is 9.59 Å². The van der Waals surface area contributed by atoms with Gasteiger partial charge in [0.2, 0.25) is 0 Å². The number of nitrogens with two attached hydrogens (primary N) is 1. The van der Waals surface area contributed by atoms with Crippen LogP contribution < -0.4 is 5.73 Å². The molecule has 7 heteroatoms. The van der Waals surface area contributed by atoms with E-state index in [1.54, 1.807) is 0 Å². The second kappa shape index (κ2) is 42.2. The molecule has 0 rings (SSSR count). The van der Waals surface area contributed by atoms with Gasteiger partial charge in [0.05, 0.1) is 26.4 Å². The Morgan fingerprint density at radius 1 is 0.420 bits per heavy atom. The molecule has 0 fully saturated rings. The summed E-state index contributed by atoms with van der Waals surface area (Å²) < 4.78 is 22.2. The van der Waals surface area contributed by atoms with E-state index < -0.39 is 6.10 Å². The van der Waals surface area contributed by atoms with Crippen molar-refractivity contribution >= 4 is 11.9 Å². The summed E-state index contributed by atoms with van der Waals surface area (Å²) in [5, 5.41) is 0. The van der Waals surface area contributed by atoms with Crippen molar-refractivity contribution in [3.05, 3.63) is 0 Å². The zero-order chi connectivity index (χ0) is 36.4. The molecule has 0 aliphatic carbocycles. The molecule has 50 heavy (non-hydrogen) atoms. The monoisotopic (exact) mass is 712 g/mol. The predicted molar refractivity (Wildman–Crippen MR) is 211 cm³/mol. The Morgan fingerprint density at radius 3 is 1.14 bits per heavy atom. The van der Waals surface area contributed by atoms with Crippen molar-refractivity contribution < 1.29 is 28.5 Å². The van der Waals surface area contributed by atoms with E-state index in [1.807, 2.05) is 0 Å². The molecule has 0 bridgehead atoms. The van der Waals surface area contributed by atoms with Gasteiger partial charge in [-0.1, -0.05) is 194 Å². The van der Waals surface area contributed by atoms with Crippen LogP contribution in [0.1, 0.15) is 219 Å². The minimum Gasteiger partial charge on any atom is -0.462 e. The van der Waals surface area contributed by atoms with E-state index in [0.717, 1.165) is 32.1 Å². The molecule has 298 valence electrons. The van der Waals surface area contributed by atoms with E-state index in [4.69, 9.17) is 24.7 Å². The molecule has 0 aliphatic heterocycles. The molecule has 1 atom stereocenters. The zero-order valence-electron chi connectivity index (χ0n) is 33.5. The Bertz CT molecular complexity index is 690. The molecule has 0 radical (unpaired) electrons. The minimum absolute atomic E-state index is 0.0336. The van der Waals surface area contributed by atoms with Crippen molar-refractivity contribution in [2.75, 3.05) is 39.6 Å². The second-order valence-corrected chi connectivity index (χ2v) is 14.7. The van der Waals surface area contributed by atoms with Gasteiger partial charge in [0.15, 0.2) is 6.10 Å². The van der Waals surface area contributed by atoms with Crippen LogP contribution in [-0.2, 0) is 28.5 Å². The molecular weight excluding hydrogens is 626 g/mol. The van der Waals surface area contributed by atoms with E-state index >= 15 is 0 Å². The molecular formula is C43H85NO6. The van der Waals surface area contributed by atoms with Crippen LogP contribution in [0.4, 0.5) is 0 Å². The van der Waals surface area contributed by atoms with Gasteiger partial charge in [-0.05, 0) is 12.8 Å².